The third kappa shape index (κ3) is 3.54. The predicted octanol–water partition coefficient (Wildman–Crippen LogP) is 10.0. The average molecular weight is 588 g/mol. The SMILES string of the molecule is c1ccc(-c2nc(-c3ccccc3)c3cc(-n4c5ccccc5c5nc6c7ccccc7c7ccccc7n6c54)ccc3n2)cc1. The van der Waals surface area contributed by atoms with Crippen molar-refractivity contribution in [2.75, 3.05) is 0 Å². The Balaban J connectivity index is 1.34. The molecule has 0 fully saturated rings. The first kappa shape index (κ1) is 25.0. The number of para-hydroxylation sites is 2. The molecule has 0 saturated heterocycles. The van der Waals surface area contributed by atoms with Gasteiger partial charge in [-0.25, -0.2) is 15.0 Å². The Morgan fingerprint density at radius 3 is 1.85 bits per heavy atom. The van der Waals surface area contributed by atoms with Gasteiger partial charge in [0.2, 0.25) is 0 Å². The monoisotopic (exact) mass is 587 g/mol. The highest BCUT2D eigenvalue weighted by Crippen LogP contribution is 2.39. The summed E-state index contributed by atoms with van der Waals surface area (Å²) in [6, 6.07) is 52.9. The number of fused-ring (bicyclic) bond motifs is 11. The lowest BCUT2D eigenvalue weighted by molar-refractivity contribution is 1.12. The Hall–Kier alpha value is -6.33. The van der Waals surface area contributed by atoms with Crippen molar-refractivity contribution in [1.29, 1.82) is 0 Å². The summed E-state index contributed by atoms with van der Waals surface area (Å²) in [5.74, 6) is 0.716. The molecule has 0 spiro atoms. The van der Waals surface area contributed by atoms with Gasteiger partial charge in [-0.15, -0.1) is 0 Å². The molecule has 0 aliphatic carbocycles. The molecule has 10 rings (SSSR count). The summed E-state index contributed by atoms with van der Waals surface area (Å²) in [5, 5.41) is 5.67. The molecule has 6 aromatic carbocycles. The van der Waals surface area contributed by atoms with E-state index >= 15 is 0 Å². The summed E-state index contributed by atoms with van der Waals surface area (Å²) in [6.07, 6.45) is 0. The van der Waals surface area contributed by atoms with Crippen molar-refractivity contribution >= 4 is 60.3 Å². The van der Waals surface area contributed by atoms with Crippen LogP contribution in [0.5, 0.6) is 0 Å². The number of nitrogens with zero attached hydrogens (tertiary/aromatic N) is 5. The van der Waals surface area contributed by atoms with Crippen molar-refractivity contribution in [2.24, 2.45) is 0 Å². The summed E-state index contributed by atoms with van der Waals surface area (Å²) in [4.78, 5) is 15.6. The van der Waals surface area contributed by atoms with Crippen LogP contribution >= 0.6 is 0 Å². The van der Waals surface area contributed by atoms with Crippen LogP contribution in [0.4, 0.5) is 0 Å². The number of hydrogen-bond donors (Lipinski definition) is 0. The number of benzene rings is 6. The largest absolute Gasteiger partial charge is 0.294 e. The van der Waals surface area contributed by atoms with Gasteiger partial charge in [-0.05, 0) is 35.7 Å². The zero-order valence-electron chi connectivity index (χ0n) is 24.7. The van der Waals surface area contributed by atoms with Crippen LogP contribution in [0.25, 0.3) is 88.6 Å². The van der Waals surface area contributed by atoms with E-state index in [1.54, 1.807) is 0 Å². The molecule has 0 radical (unpaired) electrons. The molecule has 10 aromatic rings. The summed E-state index contributed by atoms with van der Waals surface area (Å²) in [7, 11) is 0. The normalized spacial score (nSPS) is 11.9. The number of rotatable bonds is 3. The van der Waals surface area contributed by atoms with Gasteiger partial charge in [0.25, 0.3) is 0 Å². The highest BCUT2D eigenvalue weighted by Gasteiger charge is 2.22. The maximum absolute atomic E-state index is 5.36. The second-order valence-electron chi connectivity index (χ2n) is 11.7. The third-order valence-corrected chi connectivity index (χ3v) is 9.08. The fourth-order valence-electron chi connectivity index (χ4n) is 7.05. The van der Waals surface area contributed by atoms with Crippen LogP contribution in [-0.4, -0.2) is 23.9 Å². The first-order valence-corrected chi connectivity index (χ1v) is 15.5. The Bertz CT molecular complexity index is 2790. The highest BCUT2D eigenvalue weighted by atomic mass is 15.2. The third-order valence-electron chi connectivity index (χ3n) is 9.08. The summed E-state index contributed by atoms with van der Waals surface area (Å²) < 4.78 is 4.69. The maximum Gasteiger partial charge on any atom is 0.160 e. The summed E-state index contributed by atoms with van der Waals surface area (Å²) >= 11 is 0. The molecule has 5 nitrogen and oxygen atoms in total. The van der Waals surface area contributed by atoms with Crippen molar-refractivity contribution in [3.05, 3.63) is 152 Å². The maximum atomic E-state index is 5.36. The predicted molar refractivity (Wildman–Crippen MR) is 189 cm³/mol. The van der Waals surface area contributed by atoms with Crippen LogP contribution in [0.3, 0.4) is 0 Å². The van der Waals surface area contributed by atoms with E-state index in [0.717, 1.165) is 72.0 Å². The number of imidazole rings is 1. The molecule has 0 aliphatic rings. The summed E-state index contributed by atoms with van der Waals surface area (Å²) in [6.45, 7) is 0. The molecule has 0 N–H and O–H groups in total. The van der Waals surface area contributed by atoms with Gasteiger partial charge in [0.05, 0.1) is 22.2 Å². The number of aromatic nitrogens is 5. The van der Waals surface area contributed by atoms with Crippen LogP contribution in [0.2, 0.25) is 0 Å². The standard InChI is InChI=1S/C41H25N5/c1-3-13-26(14-4-1)37-33-25-28(23-24-34(33)42-39(43-37)27-15-5-2-6-16-27)45-36-22-12-10-20-32(36)38-41(45)46-35-21-11-9-18-30(35)29-17-7-8-19-31(29)40(46)44-38/h1-25H. The molecular formula is C41H25N5. The van der Waals surface area contributed by atoms with Gasteiger partial charge in [0.1, 0.15) is 11.2 Å². The fraction of sp³-hybridized carbons (Fsp3) is 0. The lowest BCUT2D eigenvalue weighted by Crippen LogP contribution is -2.01. The molecule has 0 atom stereocenters. The van der Waals surface area contributed by atoms with E-state index in [2.05, 4.69) is 136 Å². The van der Waals surface area contributed by atoms with Crippen LogP contribution in [0.15, 0.2) is 152 Å². The average Bonchev–Trinajstić information content (AvgIpc) is 3.67. The van der Waals surface area contributed by atoms with Gasteiger partial charge in [0.15, 0.2) is 11.5 Å². The van der Waals surface area contributed by atoms with Crippen molar-refractivity contribution in [3.8, 4) is 28.3 Å². The van der Waals surface area contributed by atoms with Crippen LogP contribution < -0.4 is 0 Å². The lowest BCUT2D eigenvalue weighted by Gasteiger charge is -2.14. The zero-order chi connectivity index (χ0) is 30.2. The van der Waals surface area contributed by atoms with E-state index in [4.69, 9.17) is 15.0 Å². The Labute approximate surface area is 263 Å². The minimum absolute atomic E-state index is 0.716. The second-order valence-corrected chi connectivity index (χ2v) is 11.7. The summed E-state index contributed by atoms with van der Waals surface area (Å²) in [5.41, 5.74) is 10.1. The van der Waals surface area contributed by atoms with E-state index in [0.29, 0.717) is 5.82 Å². The molecular weight excluding hydrogens is 562 g/mol. The van der Waals surface area contributed by atoms with E-state index in [9.17, 15) is 0 Å². The van der Waals surface area contributed by atoms with E-state index < -0.39 is 0 Å². The molecule has 0 unspecified atom stereocenters. The van der Waals surface area contributed by atoms with Crippen LogP contribution in [-0.2, 0) is 0 Å². The number of hydrogen-bond acceptors (Lipinski definition) is 3. The quantitative estimate of drug-likeness (QED) is 0.193. The van der Waals surface area contributed by atoms with E-state index in [-0.39, 0.29) is 0 Å². The molecule has 5 heteroatoms. The Kier molecular flexibility index (Phi) is 5.22. The topological polar surface area (TPSA) is 48.0 Å². The second kappa shape index (κ2) is 9.58. The Morgan fingerprint density at radius 1 is 0.435 bits per heavy atom. The minimum atomic E-state index is 0.716. The molecule has 0 amide bonds. The van der Waals surface area contributed by atoms with Crippen LogP contribution in [0, 0.1) is 0 Å². The Morgan fingerprint density at radius 2 is 1.07 bits per heavy atom. The molecule has 46 heavy (non-hydrogen) atoms. The minimum Gasteiger partial charge on any atom is -0.294 e. The van der Waals surface area contributed by atoms with Gasteiger partial charge in [-0.2, -0.15) is 0 Å². The van der Waals surface area contributed by atoms with Gasteiger partial charge in [0, 0.05) is 38.4 Å². The molecule has 0 saturated carbocycles. The smallest absolute Gasteiger partial charge is 0.160 e. The van der Waals surface area contributed by atoms with Gasteiger partial charge < -0.3 is 0 Å². The lowest BCUT2D eigenvalue weighted by atomic mass is 10.0. The van der Waals surface area contributed by atoms with Crippen molar-refractivity contribution in [3.63, 3.8) is 0 Å². The molecule has 4 heterocycles. The highest BCUT2D eigenvalue weighted by molar-refractivity contribution is 6.17. The molecule has 214 valence electrons. The van der Waals surface area contributed by atoms with Crippen molar-refractivity contribution in [2.45, 2.75) is 0 Å². The first-order valence-electron chi connectivity index (χ1n) is 15.5. The van der Waals surface area contributed by atoms with Gasteiger partial charge >= 0.3 is 0 Å². The first-order chi connectivity index (χ1) is 22.8. The van der Waals surface area contributed by atoms with Gasteiger partial charge in [-0.3, -0.25) is 8.97 Å². The molecule has 0 aliphatic heterocycles. The van der Waals surface area contributed by atoms with Crippen LogP contribution in [0.1, 0.15) is 0 Å². The van der Waals surface area contributed by atoms with E-state index in [1.165, 1.54) is 10.8 Å². The zero-order valence-corrected chi connectivity index (χ0v) is 24.7. The molecule has 4 aromatic heterocycles. The number of pyridine rings is 1. The fourth-order valence-corrected chi connectivity index (χ4v) is 7.05. The van der Waals surface area contributed by atoms with Crippen molar-refractivity contribution in [1.82, 2.24) is 23.9 Å². The van der Waals surface area contributed by atoms with E-state index in [1.807, 2.05) is 24.3 Å². The van der Waals surface area contributed by atoms with Crippen molar-refractivity contribution < 1.29 is 0 Å². The molecule has 0 bridgehead atoms. The van der Waals surface area contributed by atoms with Gasteiger partial charge in [-0.1, -0.05) is 121 Å².